The summed E-state index contributed by atoms with van der Waals surface area (Å²) in [5.74, 6) is -0.362. The molecule has 1 saturated heterocycles. The van der Waals surface area contributed by atoms with Crippen molar-refractivity contribution in [1.29, 1.82) is 0 Å². The molecule has 0 aliphatic carbocycles. The Hall–Kier alpha value is -1.20. The van der Waals surface area contributed by atoms with E-state index < -0.39 is 10.1 Å². The van der Waals surface area contributed by atoms with Gasteiger partial charge in [-0.3, -0.25) is 9.69 Å². The molecule has 1 amide bonds. The van der Waals surface area contributed by atoms with Crippen molar-refractivity contribution in [1.82, 2.24) is 4.90 Å². The Bertz CT molecular complexity index is 1130. The van der Waals surface area contributed by atoms with Crippen molar-refractivity contribution in [3.63, 3.8) is 0 Å². The van der Waals surface area contributed by atoms with Crippen molar-refractivity contribution in [2.45, 2.75) is 32.6 Å². The Kier molecular flexibility index (Phi) is 11.8. The number of nitrogens with zero attached hydrogens (tertiary/aromatic N) is 2. The van der Waals surface area contributed by atoms with Gasteiger partial charge in [0, 0.05) is 36.3 Å². The van der Waals surface area contributed by atoms with Crippen LogP contribution in [0.4, 0.5) is 5.69 Å². The number of benzene rings is 1. The summed E-state index contributed by atoms with van der Waals surface area (Å²) in [7, 11) is -4.17. The van der Waals surface area contributed by atoms with E-state index in [1.54, 1.807) is 11.0 Å². The Morgan fingerprint density at radius 3 is 2.56 bits per heavy atom. The standard InChI is InChI=1S/C24H28N2O4S3.Na/c1-2-3-16-26-23(27)22(32-24(26)31)13-7-4-10-19-14-17-25(15-8-9-18-33(28,29)30)21-12-6-5-11-20(19)21;/h4-7,10-14,17H,2-3,8-9,15-16,18H2,1H3,(H,28,29,30);/q;+1/p-1/b7-4+,19-10-,22-13-;. The molecule has 0 bridgehead atoms. The van der Waals surface area contributed by atoms with Crippen LogP contribution in [0.15, 0.2) is 65.8 Å². The van der Waals surface area contributed by atoms with E-state index in [1.807, 2.05) is 54.8 Å². The molecule has 1 aromatic carbocycles. The van der Waals surface area contributed by atoms with Gasteiger partial charge in [0.25, 0.3) is 5.91 Å². The fourth-order valence-electron chi connectivity index (χ4n) is 3.54. The van der Waals surface area contributed by atoms with Gasteiger partial charge in [-0.05, 0) is 43.1 Å². The van der Waals surface area contributed by atoms with Crippen LogP contribution in [0.5, 0.6) is 0 Å². The predicted molar refractivity (Wildman–Crippen MR) is 139 cm³/mol. The second-order valence-electron chi connectivity index (χ2n) is 7.71. The number of anilines is 1. The average molecular weight is 527 g/mol. The number of carbonyl (C=O) groups excluding carboxylic acids is 1. The maximum atomic E-state index is 12.5. The summed E-state index contributed by atoms with van der Waals surface area (Å²) in [5.41, 5.74) is 3.12. The van der Waals surface area contributed by atoms with E-state index in [-0.39, 0.29) is 41.2 Å². The molecule has 2 aliphatic heterocycles. The molecule has 0 N–H and O–H groups in total. The summed E-state index contributed by atoms with van der Waals surface area (Å²) in [6.45, 7) is 3.38. The molecule has 0 unspecified atom stereocenters. The molecule has 10 heteroatoms. The summed E-state index contributed by atoms with van der Waals surface area (Å²) < 4.78 is 33.0. The number of hydrogen-bond acceptors (Lipinski definition) is 7. The molecule has 0 spiro atoms. The quantitative estimate of drug-likeness (QED) is 0.151. The molecular weight excluding hydrogens is 499 g/mol. The predicted octanol–water partition coefficient (Wildman–Crippen LogP) is 1.83. The van der Waals surface area contributed by atoms with Crippen molar-refractivity contribution in [2.24, 2.45) is 0 Å². The molecule has 2 heterocycles. The fourth-order valence-corrected chi connectivity index (χ4v) is 5.35. The van der Waals surface area contributed by atoms with Gasteiger partial charge < -0.3 is 9.45 Å². The van der Waals surface area contributed by atoms with Gasteiger partial charge in [-0.25, -0.2) is 8.42 Å². The van der Waals surface area contributed by atoms with Gasteiger partial charge in [0.05, 0.1) is 15.0 Å². The number of rotatable bonds is 10. The van der Waals surface area contributed by atoms with Crippen LogP contribution in [-0.4, -0.2) is 46.9 Å². The molecular formula is C24H27N2NaO4S3. The topological polar surface area (TPSA) is 80.8 Å². The number of carbonyl (C=O) groups is 1. The summed E-state index contributed by atoms with van der Waals surface area (Å²) in [6.07, 6.45) is 14.4. The largest absolute Gasteiger partial charge is 1.00 e. The van der Waals surface area contributed by atoms with Crippen LogP contribution >= 0.6 is 24.0 Å². The number of amides is 1. The average Bonchev–Trinajstić information content (AvgIpc) is 3.05. The molecule has 0 saturated carbocycles. The van der Waals surface area contributed by atoms with Crippen molar-refractivity contribution in [2.75, 3.05) is 23.7 Å². The smallest absolute Gasteiger partial charge is 0.748 e. The van der Waals surface area contributed by atoms with Crippen LogP contribution in [0.1, 0.15) is 38.2 Å². The molecule has 1 fully saturated rings. The summed E-state index contributed by atoms with van der Waals surface area (Å²) in [6, 6.07) is 7.98. The molecule has 3 rings (SSSR count). The first-order valence-electron chi connectivity index (χ1n) is 10.9. The monoisotopic (exact) mass is 526 g/mol. The minimum Gasteiger partial charge on any atom is -0.748 e. The van der Waals surface area contributed by atoms with Crippen LogP contribution in [0.2, 0.25) is 0 Å². The van der Waals surface area contributed by atoms with Gasteiger partial charge in [-0.2, -0.15) is 0 Å². The SMILES string of the molecule is CCCCN1C(=O)/C(=C/C=C/C=C2/C=CN(CCCCS(=O)(=O)[O-])c3ccccc32)SC1=S.[Na+]. The van der Waals surface area contributed by atoms with Crippen LogP contribution in [0.3, 0.4) is 0 Å². The van der Waals surface area contributed by atoms with E-state index in [2.05, 4.69) is 11.8 Å². The Morgan fingerprint density at radius 2 is 1.82 bits per heavy atom. The maximum Gasteiger partial charge on any atom is 1.00 e. The van der Waals surface area contributed by atoms with Crippen LogP contribution in [0, 0.1) is 0 Å². The van der Waals surface area contributed by atoms with Crippen molar-refractivity contribution in [3.8, 4) is 0 Å². The normalized spacial score (nSPS) is 18.3. The van der Waals surface area contributed by atoms with E-state index in [1.165, 1.54) is 11.8 Å². The number of para-hydroxylation sites is 1. The minimum atomic E-state index is -4.17. The van der Waals surface area contributed by atoms with Crippen molar-refractivity contribution in [3.05, 3.63) is 71.3 Å². The molecule has 6 nitrogen and oxygen atoms in total. The zero-order valence-electron chi connectivity index (χ0n) is 19.5. The van der Waals surface area contributed by atoms with E-state index in [0.717, 1.165) is 29.7 Å². The molecule has 1 aromatic rings. The zero-order valence-corrected chi connectivity index (χ0v) is 23.9. The Balaban J connectivity index is 0.00000408. The second kappa shape index (κ2) is 13.8. The number of unbranched alkanes of at least 4 members (excludes halogenated alkanes) is 2. The van der Waals surface area contributed by atoms with Gasteiger partial charge >= 0.3 is 29.6 Å². The van der Waals surface area contributed by atoms with Gasteiger partial charge in [-0.15, -0.1) is 0 Å². The Labute approximate surface area is 233 Å². The van der Waals surface area contributed by atoms with E-state index in [0.29, 0.717) is 35.2 Å². The van der Waals surface area contributed by atoms with Crippen LogP contribution in [-0.2, 0) is 14.9 Å². The number of thiocarbonyl (C=S) groups is 1. The first-order valence-corrected chi connectivity index (χ1v) is 13.7. The van der Waals surface area contributed by atoms with Gasteiger partial charge in [0.1, 0.15) is 4.32 Å². The van der Waals surface area contributed by atoms with Crippen LogP contribution in [0.25, 0.3) is 5.57 Å². The molecule has 176 valence electrons. The number of thioether (sulfide) groups is 1. The molecule has 0 radical (unpaired) electrons. The van der Waals surface area contributed by atoms with Crippen molar-refractivity contribution >= 4 is 55.6 Å². The Morgan fingerprint density at radius 1 is 1.09 bits per heavy atom. The van der Waals surface area contributed by atoms with Crippen LogP contribution < -0.4 is 34.5 Å². The summed E-state index contributed by atoms with van der Waals surface area (Å²) in [5, 5.41) is 0. The number of fused-ring (bicyclic) bond motifs is 1. The molecule has 34 heavy (non-hydrogen) atoms. The third kappa shape index (κ3) is 8.19. The van der Waals surface area contributed by atoms with Gasteiger partial charge in [-0.1, -0.05) is 73.8 Å². The first kappa shape index (κ1) is 29.0. The summed E-state index contributed by atoms with van der Waals surface area (Å²) in [4.78, 5) is 16.9. The molecule has 0 atom stereocenters. The minimum absolute atomic E-state index is 0. The van der Waals surface area contributed by atoms with E-state index >= 15 is 0 Å². The summed E-state index contributed by atoms with van der Waals surface area (Å²) >= 11 is 6.67. The third-order valence-electron chi connectivity index (χ3n) is 5.25. The third-order valence-corrected chi connectivity index (χ3v) is 7.43. The van der Waals surface area contributed by atoms with E-state index in [9.17, 15) is 17.8 Å². The second-order valence-corrected chi connectivity index (χ2v) is 10.9. The van der Waals surface area contributed by atoms with Gasteiger partial charge in [0.2, 0.25) is 0 Å². The number of allylic oxidation sites excluding steroid dienone is 6. The number of hydrogen-bond donors (Lipinski definition) is 0. The first-order chi connectivity index (χ1) is 15.8. The molecule has 0 aromatic heterocycles. The van der Waals surface area contributed by atoms with E-state index in [4.69, 9.17) is 12.2 Å². The van der Waals surface area contributed by atoms with Crippen molar-refractivity contribution < 1.29 is 47.3 Å². The zero-order chi connectivity index (χ0) is 23.8. The fraction of sp³-hybridized carbons (Fsp3) is 0.333. The van der Waals surface area contributed by atoms with Gasteiger partial charge in [0.15, 0.2) is 0 Å². The maximum absolute atomic E-state index is 12.5. The molecule has 2 aliphatic rings.